The van der Waals surface area contributed by atoms with Gasteiger partial charge in [0.25, 0.3) is 0 Å². The third-order valence-corrected chi connectivity index (χ3v) is 2.18. The van der Waals surface area contributed by atoms with Gasteiger partial charge in [0, 0.05) is 12.5 Å². The maximum atomic E-state index is 11.5. The van der Waals surface area contributed by atoms with Crippen LogP contribution in [0.1, 0.15) is 26.0 Å². The molecule has 5 nitrogen and oxygen atoms in total. The SMILES string of the molecule is Cc1ccc(NC(=O)CC(C)(C)C(=O)O)o1. The topological polar surface area (TPSA) is 79.5 Å². The van der Waals surface area contributed by atoms with Crippen molar-refractivity contribution in [1.29, 1.82) is 0 Å². The zero-order valence-corrected chi connectivity index (χ0v) is 9.53. The van der Waals surface area contributed by atoms with Gasteiger partial charge in [0.15, 0.2) is 5.88 Å². The van der Waals surface area contributed by atoms with E-state index in [1.807, 2.05) is 0 Å². The number of aliphatic carboxylic acids is 1. The first kappa shape index (κ1) is 12.3. The zero-order valence-electron chi connectivity index (χ0n) is 9.53. The van der Waals surface area contributed by atoms with Crippen LogP contribution in [0.2, 0.25) is 0 Å². The molecule has 0 aliphatic rings. The van der Waals surface area contributed by atoms with Crippen LogP contribution in [0, 0.1) is 12.3 Å². The summed E-state index contributed by atoms with van der Waals surface area (Å²) in [5, 5.41) is 11.4. The lowest BCUT2D eigenvalue weighted by Gasteiger charge is -2.17. The molecule has 0 fully saturated rings. The second-order valence-corrected chi connectivity index (χ2v) is 4.32. The lowest BCUT2D eigenvalue weighted by Crippen LogP contribution is -2.29. The molecule has 1 heterocycles. The fraction of sp³-hybridized carbons (Fsp3) is 0.455. The third kappa shape index (κ3) is 3.12. The van der Waals surface area contributed by atoms with Crippen molar-refractivity contribution in [2.45, 2.75) is 27.2 Å². The highest BCUT2D eigenvalue weighted by Gasteiger charge is 2.30. The van der Waals surface area contributed by atoms with Crippen LogP contribution in [0.15, 0.2) is 16.5 Å². The molecular weight excluding hydrogens is 210 g/mol. The summed E-state index contributed by atoms with van der Waals surface area (Å²) in [4.78, 5) is 22.3. The van der Waals surface area contributed by atoms with Crippen LogP contribution in [0.25, 0.3) is 0 Å². The highest BCUT2D eigenvalue weighted by atomic mass is 16.4. The van der Waals surface area contributed by atoms with Crippen LogP contribution in [-0.4, -0.2) is 17.0 Å². The maximum Gasteiger partial charge on any atom is 0.309 e. The van der Waals surface area contributed by atoms with E-state index >= 15 is 0 Å². The number of carboxylic acid groups (broad SMARTS) is 1. The second-order valence-electron chi connectivity index (χ2n) is 4.32. The first-order valence-corrected chi connectivity index (χ1v) is 4.91. The van der Waals surface area contributed by atoms with Gasteiger partial charge in [-0.05, 0) is 26.8 Å². The molecule has 1 amide bonds. The predicted octanol–water partition coefficient (Wildman–Crippen LogP) is 2.03. The van der Waals surface area contributed by atoms with Gasteiger partial charge in [-0.15, -0.1) is 0 Å². The number of amides is 1. The second kappa shape index (κ2) is 4.38. The Labute approximate surface area is 93.4 Å². The predicted molar refractivity (Wildman–Crippen MR) is 58.1 cm³/mol. The molecule has 1 aromatic rings. The van der Waals surface area contributed by atoms with Gasteiger partial charge in [0.2, 0.25) is 5.91 Å². The molecule has 0 unspecified atom stereocenters. The van der Waals surface area contributed by atoms with Gasteiger partial charge in [-0.3, -0.25) is 14.9 Å². The fourth-order valence-corrected chi connectivity index (χ4v) is 1.16. The van der Waals surface area contributed by atoms with Crippen LogP contribution in [0.5, 0.6) is 0 Å². The summed E-state index contributed by atoms with van der Waals surface area (Å²) < 4.78 is 5.15. The number of anilines is 1. The van der Waals surface area contributed by atoms with E-state index in [0.29, 0.717) is 11.6 Å². The molecule has 88 valence electrons. The number of carbonyl (C=O) groups excluding carboxylic acids is 1. The number of hydrogen-bond donors (Lipinski definition) is 2. The van der Waals surface area contributed by atoms with Crippen LogP contribution in [0.3, 0.4) is 0 Å². The monoisotopic (exact) mass is 225 g/mol. The number of rotatable bonds is 4. The summed E-state index contributed by atoms with van der Waals surface area (Å²) in [6.07, 6.45) is -0.0952. The van der Waals surface area contributed by atoms with Crippen molar-refractivity contribution in [3.05, 3.63) is 17.9 Å². The Kier molecular flexibility index (Phi) is 3.37. The number of aryl methyl sites for hydroxylation is 1. The zero-order chi connectivity index (χ0) is 12.3. The minimum absolute atomic E-state index is 0.0952. The summed E-state index contributed by atoms with van der Waals surface area (Å²) in [6.45, 7) is 4.77. The number of carboxylic acids is 1. The Balaban J connectivity index is 2.58. The van der Waals surface area contributed by atoms with Crippen molar-refractivity contribution in [2.75, 3.05) is 5.32 Å². The molecule has 0 aliphatic carbocycles. The highest BCUT2D eigenvalue weighted by Crippen LogP contribution is 2.21. The molecule has 0 aromatic carbocycles. The quantitative estimate of drug-likeness (QED) is 0.821. The molecule has 5 heteroatoms. The number of nitrogens with one attached hydrogen (secondary N) is 1. The van der Waals surface area contributed by atoms with Crippen molar-refractivity contribution in [3.63, 3.8) is 0 Å². The Morgan fingerprint density at radius 2 is 2.06 bits per heavy atom. The van der Waals surface area contributed by atoms with E-state index in [0.717, 1.165) is 0 Å². The van der Waals surface area contributed by atoms with E-state index in [1.54, 1.807) is 19.1 Å². The molecule has 1 rings (SSSR count). The van der Waals surface area contributed by atoms with E-state index in [-0.39, 0.29) is 12.3 Å². The molecular formula is C11H15NO4. The summed E-state index contributed by atoms with van der Waals surface area (Å²) in [6, 6.07) is 3.35. The number of hydrogen-bond acceptors (Lipinski definition) is 3. The van der Waals surface area contributed by atoms with Gasteiger partial charge in [-0.25, -0.2) is 0 Å². The highest BCUT2D eigenvalue weighted by molar-refractivity contribution is 5.93. The Bertz CT molecular complexity index is 406. The summed E-state index contributed by atoms with van der Waals surface area (Å²) in [5.74, 6) is -0.350. The van der Waals surface area contributed by atoms with Crippen LogP contribution in [-0.2, 0) is 9.59 Å². The van der Waals surface area contributed by atoms with E-state index < -0.39 is 11.4 Å². The molecule has 0 radical (unpaired) electrons. The summed E-state index contributed by atoms with van der Waals surface area (Å²) in [7, 11) is 0. The smallest absolute Gasteiger partial charge is 0.309 e. The fourth-order valence-electron chi connectivity index (χ4n) is 1.16. The molecule has 0 bridgehead atoms. The van der Waals surface area contributed by atoms with Crippen molar-refractivity contribution in [2.24, 2.45) is 5.41 Å². The minimum Gasteiger partial charge on any atom is -0.481 e. The van der Waals surface area contributed by atoms with Crippen molar-refractivity contribution >= 4 is 17.8 Å². The average Bonchev–Trinajstić information content (AvgIpc) is 2.49. The third-order valence-electron chi connectivity index (χ3n) is 2.18. The summed E-state index contributed by atoms with van der Waals surface area (Å²) >= 11 is 0. The lowest BCUT2D eigenvalue weighted by molar-refractivity contribution is -0.149. The largest absolute Gasteiger partial charge is 0.481 e. The molecule has 16 heavy (non-hydrogen) atoms. The normalized spacial score (nSPS) is 11.2. The van der Waals surface area contributed by atoms with E-state index in [4.69, 9.17) is 9.52 Å². The Morgan fingerprint density at radius 3 is 2.50 bits per heavy atom. The molecule has 0 atom stereocenters. The Morgan fingerprint density at radius 1 is 1.44 bits per heavy atom. The van der Waals surface area contributed by atoms with Crippen LogP contribution >= 0.6 is 0 Å². The van der Waals surface area contributed by atoms with E-state index in [1.165, 1.54) is 13.8 Å². The Hall–Kier alpha value is -1.78. The molecule has 0 saturated carbocycles. The minimum atomic E-state index is -1.08. The number of carbonyl (C=O) groups is 2. The first-order chi connectivity index (χ1) is 7.31. The van der Waals surface area contributed by atoms with Crippen molar-refractivity contribution in [3.8, 4) is 0 Å². The molecule has 2 N–H and O–H groups in total. The van der Waals surface area contributed by atoms with Crippen molar-refractivity contribution in [1.82, 2.24) is 0 Å². The van der Waals surface area contributed by atoms with E-state index in [2.05, 4.69) is 5.32 Å². The number of furan rings is 1. The van der Waals surface area contributed by atoms with Gasteiger partial charge in [0.05, 0.1) is 5.41 Å². The van der Waals surface area contributed by atoms with Crippen molar-refractivity contribution < 1.29 is 19.1 Å². The molecule has 1 aromatic heterocycles. The van der Waals surface area contributed by atoms with Crippen LogP contribution in [0.4, 0.5) is 5.88 Å². The van der Waals surface area contributed by atoms with Gasteiger partial charge in [0.1, 0.15) is 5.76 Å². The van der Waals surface area contributed by atoms with Gasteiger partial charge in [-0.2, -0.15) is 0 Å². The van der Waals surface area contributed by atoms with Gasteiger partial charge >= 0.3 is 5.97 Å². The lowest BCUT2D eigenvalue weighted by atomic mass is 9.89. The average molecular weight is 225 g/mol. The first-order valence-electron chi connectivity index (χ1n) is 4.91. The molecule has 0 aliphatic heterocycles. The molecule has 0 spiro atoms. The van der Waals surface area contributed by atoms with Crippen LogP contribution < -0.4 is 5.32 Å². The van der Waals surface area contributed by atoms with Gasteiger partial charge in [-0.1, -0.05) is 0 Å². The maximum absolute atomic E-state index is 11.5. The standard InChI is InChI=1S/C11H15NO4/c1-7-4-5-9(16-7)12-8(13)6-11(2,3)10(14)15/h4-5H,6H2,1-3H3,(H,12,13)(H,14,15). The van der Waals surface area contributed by atoms with E-state index in [9.17, 15) is 9.59 Å². The van der Waals surface area contributed by atoms with Gasteiger partial charge < -0.3 is 9.52 Å². The summed E-state index contributed by atoms with van der Waals surface area (Å²) in [5.41, 5.74) is -1.08. The molecule has 0 saturated heterocycles.